The highest BCUT2D eigenvalue weighted by Crippen LogP contribution is 2.18. The molecule has 0 saturated carbocycles. The number of amides is 1. The molecule has 1 saturated heterocycles. The SMILES string of the molecule is Cc1c(C(=O)O)cnn1-c1ccc(C(=O)N2CC[C@@H](NS(C)(=O)=O)C2)cc1. The smallest absolute Gasteiger partial charge is 0.339 e. The van der Waals surface area contributed by atoms with E-state index in [0.29, 0.717) is 36.5 Å². The van der Waals surface area contributed by atoms with Gasteiger partial charge >= 0.3 is 5.97 Å². The molecule has 2 aromatic rings. The molecule has 1 atom stereocenters. The van der Waals surface area contributed by atoms with Crippen LogP contribution in [0, 0.1) is 6.92 Å². The van der Waals surface area contributed by atoms with Crippen LogP contribution in [0.5, 0.6) is 0 Å². The molecule has 27 heavy (non-hydrogen) atoms. The van der Waals surface area contributed by atoms with Crippen LogP contribution in [0.4, 0.5) is 0 Å². The van der Waals surface area contributed by atoms with E-state index in [2.05, 4.69) is 9.82 Å². The molecule has 3 rings (SSSR count). The molecule has 0 bridgehead atoms. The van der Waals surface area contributed by atoms with Crippen LogP contribution in [0.15, 0.2) is 30.5 Å². The van der Waals surface area contributed by atoms with Crippen molar-refractivity contribution in [3.8, 4) is 5.69 Å². The van der Waals surface area contributed by atoms with Gasteiger partial charge in [0.1, 0.15) is 5.56 Å². The second-order valence-corrected chi connectivity index (χ2v) is 8.31. The van der Waals surface area contributed by atoms with Gasteiger partial charge in [-0.05, 0) is 37.6 Å². The fourth-order valence-corrected chi connectivity index (χ4v) is 3.95. The second kappa shape index (κ2) is 7.12. The molecule has 1 fully saturated rings. The fraction of sp³-hybridized carbons (Fsp3) is 0.353. The number of aromatic carboxylic acids is 1. The van der Waals surface area contributed by atoms with E-state index in [1.165, 1.54) is 10.9 Å². The van der Waals surface area contributed by atoms with Crippen molar-refractivity contribution in [1.82, 2.24) is 19.4 Å². The summed E-state index contributed by atoms with van der Waals surface area (Å²) in [5.41, 5.74) is 1.74. The van der Waals surface area contributed by atoms with Crippen LogP contribution in [-0.4, -0.2) is 65.5 Å². The van der Waals surface area contributed by atoms with Gasteiger partial charge in [0.05, 0.1) is 23.8 Å². The number of hydrogen-bond acceptors (Lipinski definition) is 5. The molecule has 0 aliphatic carbocycles. The minimum Gasteiger partial charge on any atom is -0.478 e. The molecule has 10 heteroatoms. The quantitative estimate of drug-likeness (QED) is 0.770. The molecule has 0 unspecified atom stereocenters. The summed E-state index contributed by atoms with van der Waals surface area (Å²) in [5, 5.41) is 13.2. The summed E-state index contributed by atoms with van der Waals surface area (Å²) in [5.74, 6) is -1.22. The highest BCUT2D eigenvalue weighted by Gasteiger charge is 2.28. The zero-order valence-corrected chi connectivity index (χ0v) is 15.7. The Hall–Kier alpha value is -2.72. The van der Waals surface area contributed by atoms with Crippen molar-refractivity contribution >= 4 is 21.9 Å². The standard InChI is InChI=1S/C17H20N4O5S/c1-11-15(17(23)24)9-18-21(11)14-5-3-12(4-6-14)16(22)20-8-7-13(10-20)19-27(2,25)26/h3-6,9,13,19H,7-8,10H2,1-2H3,(H,23,24)/t13-/m1/s1. The molecule has 9 nitrogen and oxygen atoms in total. The Balaban J connectivity index is 1.72. The summed E-state index contributed by atoms with van der Waals surface area (Å²) in [4.78, 5) is 25.3. The van der Waals surface area contributed by atoms with Gasteiger partial charge in [0.25, 0.3) is 5.91 Å². The van der Waals surface area contributed by atoms with E-state index < -0.39 is 16.0 Å². The number of carboxylic acid groups (broad SMARTS) is 1. The number of likely N-dealkylation sites (tertiary alicyclic amines) is 1. The molecule has 0 radical (unpaired) electrons. The maximum absolute atomic E-state index is 12.6. The number of sulfonamides is 1. The summed E-state index contributed by atoms with van der Waals surface area (Å²) in [6.45, 7) is 2.47. The first-order chi connectivity index (χ1) is 12.7. The minimum atomic E-state index is -3.31. The molecular weight excluding hydrogens is 372 g/mol. The molecule has 1 amide bonds. The number of benzene rings is 1. The summed E-state index contributed by atoms with van der Waals surface area (Å²) >= 11 is 0. The fourth-order valence-electron chi connectivity index (χ4n) is 3.15. The Labute approximate surface area is 156 Å². The lowest BCUT2D eigenvalue weighted by Gasteiger charge is -2.17. The molecule has 1 aromatic carbocycles. The lowest BCUT2D eigenvalue weighted by molar-refractivity contribution is 0.0695. The van der Waals surface area contributed by atoms with Crippen molar-refractivity contribution in [3.05, 3.63) is 47.3 Å². The number of carboxylic acids is 1. The summed E-state index contributed by atoms with van der Waals surface area (Å²) < 4.78 is 26.7. The predicted molar refractivity (Wildman–Crippen MR) is 97.5 cm³/mol. The summed E-state index contributed by atoms with van der Waals surface area (Å²) in [6.07, 6.45) is 2.96. The van der Waals surface area contributed by atoms with E-state index in [9.17, 15) is 18.0 Å². The molecule has 2 N–H and O–H groups in total. The lowest BCUT2D eigenvalue weighted by Crippen LogP contribution is -2.37. The number of carbonyl (C=O) groups excluding carboxylic acids is 1. The van der Waals surface area contributed by atoms with Crippen LogP contribution in [0.1, 0.15) is 32.8 Å². The number of nitrogens with zero attached hydrogens (tertiary/aromatic N) is 3. The average Bonchev–Trinajstić information content (AvgIpc) is 3.19. The van der Waals surface area contributed by atoms with Crippen molar-refractivity contribution in [1.29, 1.82) is 0 Å². The first-order valence-corrected chi connectivity index (χ1v) is 10.2. The van der Waals surface area contributed by atoms with Crippen LogP contribution in [-0.2, 0) is 10.0 Å². The van der Waals surface area contributed by atoms with Gasteiger partial charge in [-0.15, -0.1) is 0 Å². The minimum absolute atomic E-state index is 0.122. The number of hydrogen-bond donors (Lipinski definition) is 2. The topological polar surface area (TPSA) is 122 Å². The van der Waals surface area contributed by atoms with Crippen LogP contribution in [0.2, 0.25) is 0 Å². The van der Waals surface area contributed by atoms with Crippen molar-refractivity contribution in [2.24, 2.45) is 0 Å². The van der Waals surface area contributed by atoms with Gasteiger partial charge in [-0.3, -0.25) is 4.79 Å². The summed E-state index contributed by atoms with van der Waals surface area (Å²) in [7, 11) is -3.31. The number of nitrogens with one attached hydrogen (secondary N) is 1. The zero-order valence-electron chi connectivity index (χ0n) is 14.9. The maximum Gasteiger partial charge on any atom is 0.339 e. The van der Waals surface area contributed by atoms with E-state index >= 15 is 0 Å². The third-order valence-corrected chi connectivity index (χ3v) is 5.22. The number of carbonyl (C=O) groups is 2. The van der Waals surface area contributed by atoms with Crippen molar-refractivity contribution in [2.45, 2.75) is 19.4 Å². The Morgan fingerprint density at radius 3 is 2.48 bits per heavy atom. The highest BCUT2D eigenvalue weighted by atomic mass is 32.2. The van der Waals surface area contributed by atoms with Crippen LogP contribution in [0.3, 0.4) is 0 Å². The van der Waals surface area contributed by atoms with E-state index in [4.69, 9.17) is 5.11 Å². The molecule has 1 aliphatic heterocycles. The Kier molecular flexibility index (Phi) is 5.03. The third-order valence-electron chi connectivity index (χ3n) is 4.46. The summed E-state index contributed by atoms with van der Waals surface area (Å²) in [6, 6.07) is 6.42. The molecule has 0 spiro atoms. The highest BCUT2D eigenvalue weighted by molar-refractivity contribution is 7.88. The Bertz CT molecular complexity index is 981. The maximum atomic E-state index is 12.6. The van der Waals surface area contributed by atoms with Crippen LogP contribution in [0.25, 0.3) is 5.69 Å². The Morgan fingerprint density at radius 2 is 1.93 bits per heavy atom. The van der Waals surface area contributed by atoms with E-state index in [-0.39, 0.29) is 17.5 Å². The molecule has 1 aliphatic rings. The van der Waals surface area contributed by atoms with E-state index in [1.54, 1.807) is 36.1 Å². The largest absolute Gasteiger partial charge is 0.478 e. The first kappa shape index (κ1) is 19.1. The molecule has 144 valence electrons. The first-order valence-electron chi connectivity index (χ1n) is 8.30. The van der Waals surface area contributed by atoms with Gasteiger partial charge < -0.3 is 10.0 Å². The van der Waals surface area contributed by atoms with Gasteiger partial charge in [-0.25, -0.2) is 22.6 Å². The van der Waals surface area contributed by atoms with E-state index in [1.807, 2.05) is 0 Å². The van der Waals surface area contributed by atoms with Crippen molar-refractivity contribution in [3.63, 3.8) is 0 Å². The van der Waals surface area contributed by atoms with Crippen molar-refractivity contribution in [2.75, 3.05) is 19.3 Å². The van der Waals surface area contributed by atoms with Crippen molar-refractivity contribution < 1.29 is 23.1 Å². The molecular formula is C17H20N4O5S. The average molecular weight is 392 g/mol. The zero-order chi connectivity index (χ0) is 19.8. The van der Waals surface area contributed by atoms with Crippen LogP contribution >= 0.6 is 0 Å². The van der Waals surface area contributed by atoms with Crippen LogP contribution < -0.4 is 4.72 Å². The van der Waals surface area contributed by atoms with Gasteiger partial charge in [-0.1, -0.05) is 0 Å². The van der Waals surface area contributed by atoms with Gasteiger partial charge in [0, 0.05) is 24.7 Å². The monoisotopic (exact) mass is 392 g/mol. The molecule has 2 heterocycles. The predicted octanol–water partition coefficient (Wildman–Crippen LogP) is 0.643. The normalized spacial score (nSPS) is 17.3. The Morgan fingerprint density at radius 1 is 1.26 bits per heavy atom. The van der Waals surface area contributed by atoms with Gasteiger partial charge in [-0.2, -0.15) is 5.10 Å². The number of aromatic nitrogens is 2. The molecule has 1 aromatic heterocycles. The second-order valence-electron chi connectivity index (χ2n) is 6.53. The van der Waals surface area contributed by atoms with E-state index in [0.717, 1.165) is 6.26 Å². The third kappa shape index (κ3) is 4.17. The van der Waals surface area contributed by atoms with Gasteiger partial charge in [0.15, 0.2) is 0 Å². The lowest BCUT2D eigenvalue weighted by atomic mass is 10.1. The van der Waals surface area contributed by atoms with Gasteiger partial charge in [0.2, 0.25) is 10.0 Å². The number of rotatable bonds is 5.